The topological polar surface area (TPSA) is 50.4 Å². The van der Waals surface area contributed by atoms with E-state index in [4.69, 9.17) is 5.84 Å². The molecule has 0 aliphatic rings. The van der Waals surface area contributed by atoms with E-state index < -0.39 is 0 Å². The molecule has 0 heterocycles. The molecule has 3 N–H and O–H groups in total. The lowest BCUT2D eigenvalue weighted by Gasteiger charge is -2.10. The molecule has 0 bridgehead atoms. The first-order valence-corrected chi connectivity index (χ1v) is 9.43. The van der Waals surface area contributed by atoms with Gasteiger partial charge < -0.3 is 11.2 Å². The summed E-state index contributed by atoms with van der Waals surface area (Å²) in [7, 11) is 0. The van der Waals surface area contributed by atoms with Crippen LogP contribution in [-0.2, 0) is 0 Å². The first kappa shape index (κ1) is 24.9. The van der Waals surface area contributed by atoms with E-state index in [0.717, 1.165) is 11.4 Å². The van der Waals surface area contributed by atoms with Gasteiger partial charge in [-0.1, -0.05) is 50.3 Å². The molecule has 2 rings (SSSR count). The molecule has 4 heteroatoms. The number of hydrogen-bond donors (Lipinski definition) is 2. The fourth-order valence-corrected chi connectivity index (χ4v) is 2.53. The predicted octanol–water partition coefficient (Wildman–Crippen LogP) is 6.44. The number of hydrazone groups is 1. The van der Waals surface area contributed by atoms with Gasteiger partial charge >= 0.3 is 0 Å². The quantitative estimate of drug-likeness (QED) is 0.191. The number of nitrogens with zero attached hydrogens (tertiary/aromatic N) is 1. The van der Waals surface area contributed by atoms with Crippen molar-refractivity contribution in [3.05, 3.63) is 66.0 Å². The molecule has 2 aromatic rings. The zero-order valence-electron chi connectivity index (χ0n) is 17.4. The number of anilines is 1. The van der Waals surface area contributed by atoms with E-state index >= 15 is 0 Å². The van der Waals surface area contributed by atoms with Crippen LogP contribution in [0.5, 0.6) is 0 Å². The maximum Gasteiger partial charge on any atom is 0.122 e. The molecule has 0 aliphatic carbocycles. The van der Waals surface area contributed by atoms with Gasteiger partial charge in [0.2, 0.25) is 0 Å². The van der Waals surface area contributed by atoms with Gasteiger partial charge in [0.05, 0.1) is 0 Å². The molecule has 0 spiro atoms. The summed E-state index contributed by atoms with van der Waals surface area (Å²) in [6.45, 7) is 8.25. The SMILES string of the molecule is C#C.C/C=C\C(F)=C(/C)C/C(CCNc1ccc2ccccc2c1)=N/N.CC. The number of terminal acetylenes is 1. The number of halogens is 1. The highest BCUT2D eigenvalue weighted by Gasteiger charge is 2.05. The van der Waals surface area contributed by atoms with Crippen LogP contribution in [0, 0.1) is 12.8 Å². The summed E-state index contributed by atoms with van der Waals surface area (Å²) in [4.78, 5) is 0. The van der Waals surface area contributed by atoms with Crippen molar-refractivity contribution < 1.29 is 4.39 Å². The van der Waals surface area contributed by atoms with Crippen molar-refractivity contribution >= 4 is 22.2 Å². The lowest BCUT2D eigenvalue weighted by atomic mass is 10.1. The Kier molecular flexibility index (Phi) is 13.4. The maximum absolute atomic E-state index is 13.7. The molecule has 0 amide bonds. The van der Waals surface area contributed by atoms with Crippen LogP contribution in [-0.4, -0.2) is 12.3 Å². The Bertz CT molecular complexity index is 817. The van der Waals surface area contributed by atoms with E-state index in [2.05, 4.69) is 53.6 Å². The molecule has 0 aliphatic heterocycles. The smallest absolute Gasteiger partial charge is 0.122 e. The fourth-order valence-electron chi connectivity index (χ4n) is 2.53. The lowest BCUT2D eigenvalue weighted by molar-refractivity contribution is 0.651. The van der Waals surface area contributed by atoms with Gasteiger partial charge in [-0.15, -0.1) is 12.8 Å². The molecule has 0 saturated carbocycles. The molecule has 0 fully saturated rings. The third-order valence-corrected chi connectivity index (χ3v) is 3.86. The van der Waals surface area contributed by atoms with Crippen LogP contribution >= 0.6 is 0 Å². The van der Waals surface area contributed by atoms with Crippen LogP contribution < -0.4 is 11.2 Å². The number of fused-ring (bicyclic) bond motifs is 1. The second kappa shape index (κ2) is 15.0. The number of nitrogens with two attached hydrogens (primary N) is 1. The monoisotopic (exact) mass is 381 g/mol. The minimum absolute atomic E-state index is 0.221. The number of benzene rings is 2. The Morgan fingerprint density at radius 3 is 2.39 bits per heavy atom. The van der Waals surface area contributed by atoms with Crippen LogP contribution in [0.3, 0.4) is 0 Å². The molecule has 0 saturated heterocycles. The van der Waals surface area contributed by atoms with Gasteiger partial charge in [0.15, 0.2) is 0 Å². The average Bonchev–Trinajstić information content (AvgIpc) is 2.75. The third kappa shape index (κ3) is 8.55. The number of rotatable bonds is 7. The molecule has 0 radical (unpaired) electrons. The zero-order valence-corrected chi connectivity index (χ0v) is 17.4. The van der Waals surface area contributed by atoms with E-state index in [1.165, 1.54) is 16.8 Å². The van der Waals surface area contributed by atoms with Crippen molar-refractivity contribution in [2.24, 2.45) is 10.9 Å². The minimum Gasteiger partial charge on any atom is -0.385 e. The third-order valence-electron chi connectivity index (χ3n) is 3.86. The van der Waals surface area contributed by atoms with E-state index in [9.17, 15) is 4.39 Å². The number of nitrogens with one attached hydrogen (secondary N) is 1. The summed E-state index contributed by atoms with van der Waals surface area (Å²) in [5.74, 6) is 5.22. The second-order valence-corrected chi connectivity index (χ2v) is 5.74. The molecule has 0 atom stereocenters. The van der Waals surface area contributed by atoms with Crippen molar-refractivity contribution in [1.29, 1.82) is 0 Å². The summed E-state index contributed by atoms with van der Waals surface area (Å²) in [5, 5.41) is 9.58. The van der Waals surface area contributed by atoms with Crippen LogP contribution in [0.4, 0.5) is 10.1 Å². The molecule has 28 heavy (non-hydrogen) atoms. The number of allylic oxidation sites excluding steroid dienone is 4. The van der Waals surface area contributed by atoms with Gasteiger partial charge in [-0.3, -0.25) is 0 Å². The van der Waals surface area contributed by atoms with E-state index in [-0.39, 0.29) is 5.83 Å². The molecular weight excluding hydrogens is 349 g/mol. The van der Waals surface area contributed by atoms with Gasteiger partial charge in [-0.2, -0.15) is 5.10 Å². The fraction of sp³-hybridized carbons (Fsp3) is 0.292. The number of hydrogen-bond acceptors (Lipinski definition) is 3. The summed E-state index contributed by atoms with van der Waals surface area (Å²) >= 11 is 0. The molecule has 2 aromatic carbocycles. The molecule has 0 unspecified atom stereocenters. The van der Waals surface area contributed by atoms with Gasteiger partial charge in [0, 0.05) is 30.8 Å². The van der Waals surface area contributed by atoms with Crippen molar-refractivity contribution in [2.75, 3.05) is 11.9 Å². The van der Waals surface area contributed by atoms with Gasteiger partial charge in [0.25, 0.3) is 0 Å². The first-order chi connectivity index (χ1) is 13.6. The minimum atomic E-state index is -0.221. The van der Waals surface area contributed by atoms with Crippen molar-refractivity contribution in [1.82, 2.24) is 0 Å². The van der Waals surface area contributed by atoms with Crippen LogP contribution in [0.25, 0.3) is 10.8 Å². The average molecular weight is 382 g/mol. The first-order valence-electron chi connectivity index (χ1n) is 9.43. The Balaban J connectivity index is 0.00000171. The Morgan fingerprint density at radius 2 is 1.79 bits per heavy atom. The second-order valence-electron chi connectivity index (χ2n) is 5.74. The van der Waals surface area contributed by atoms with E-state index in [1.54, 1.807) is 19.9 Å². The van der Waals surface area contributed by atoms with E-state index in [1.807, 2.05) is 26.0 Å². The van der Waals surface area contributed by atoms with Crippen molar-refractivity contribution in [3.63, 3.8) is 0 Å². The van der Waals surface area contributed by atoms with Crippen LogP contribution in [0.15, 0.2) is 71.1 Å². The largest absolute Gasteiger partial charge is 0.385 e. The van der Waals surface area contributed by atoms with Crippen LogP contribution in [0.2, 0.25) is 0 Å². The van der Waals surface area contributed by atoms with Crippen LogP contribution in [0.1, 0.15) is 40.5 Å². The van der Waals surface area contributed by atoms with E-state index in [0.29, 0.717) is 25.0 Å². The lowest BCUT2D eigenvalue weighted by Crippen LogP contribution is -2.11. The summed E-state index contributed by atoms with van der Waals surface area (Å²) in [5.41, 5.74) is 2.47. The summed E-state index contributed by atoms with van der Waals surface area (Å²) in [6.07, 6.45) is 12.3. The maximum atomic E-state index is 13.7. The highest BCUT2D eigenvalue weighted by atomic mass is 19.1. The molecule has 3 nitrogen and oxygen atoms in total. The molecule has 0 aromatic heterocycles. The molecular formula is C24H32FN3. The standard InChI is InChI=1S/C20H24FN3.C2H6.C2H2/c1-3-6-20(21)15(2)13-19(24-22)11-12-23-18-10-9-16-7-4-5-8-17(16)14-18;2*1-2/h3-10,14,23H,11-13,22H2,1-2H3;1-2H3;1-2H/b6-3-,20-15-,24-19+;;. The summed E-state index contributed by atoms with van der Waals surface area (Å²) < 4.78 is 13.7. The van der Waals surface area contributed by atoms with Gasteiger partial charge in [-0.05, 0) is 48.4 Å². The molecule has 150 valence electrons. The van der Waals surface area contributed by atoms with Crippen molar-refractivity contribution in [3.8, 4) is 12.8 Å². The highest BCUT2D eigenvalue weighted by molar-refractivity contribution is 5.87. The summed E-state index contributed by atoms with van der Waals surface area (Å²) in [6, 6.07) is 14.5. The zero-order chi connectivity index (χ0) is 21.4. The Labute approximate surface area is 169 Å². The highest BCUT2D eigenvalue weighted by Crippen LogP contribution is 2.19. The Morgan fingerprint density at radius 1 is 1.14 bits per heavy atom. The van der Waals surface area contributed by atoms with Gasteiger partial charge in [0.1, 0.15) is 5.83 Å². The normalized spacial score (nSPS) is 11.8. The Hall–Kier alpha value is -3.06. The predicted molar refractivity (Wildman–Crippen MR) is 123 cm³/mol. The van der Waals surface area contributed by atoms with Gasteiger partial charge in [-0.25, -0.2) is 4.39 Å². The van der Waals surface area contributed by atoms with Crippen molar-refractivity contribution in [2.45, 2.75) is 40.5 Å².